The standard InChI is InChI=1S/C68H129NO8/c1-3-5-7-9-11-13-15-17-19-20-21-22-23-24-25-26-27-28-29-30-31-32-33-34-35-36-37-38-39-40-41-42-44-46-48-50-52-54-56-58-64(72)69-61(60-76-68-67(75)66(74)65(73)63(59-70)77-68)62(71)57-55-53-51-49-47-45-43-18-16-14-12-10-8-6-4-2/h16,18,47,49,55,57,61-63,65-68,70-71,73-75H,3-15,17,19-46,48,50-54,56,58-60H2,1-2H3,(H,69,72)/b18-16+,49-47+,57-55+. The summed E-state index contributed by atoms with van der Waals surface area (Å²) >= 11 is 0. The molecule has 0 spiro atoms. The van der Waals surface area contributed by atoms with Gasteiger partial charge >= 0.3 is 0 Å². The molecule has 1 aliphatic heterocycles. The van der Waals surface area contributed by atoms with Crippen molar-refractivity contribution in [2.75, 3.05) is 13.2 Å². The van der Waals surface area contributed by atoms with Gasteiger partial charge in [0.05, 0.1) is 25.4 Å². The van der Waals surface area contributed by atoms with Crippen molar-refractivity contribution in [1.29, 1.82) is 0 Å². The van der Waals surface area contributed by atoms with E-state index in [-0.39, 0.29) is 12.5 Å². The number of aliphatic hydroxyl groups is 5. The van der Waals surface area contributed by atoms with Crippen molar-refractivity contribution in [2.24, 2.45) is 0 Å². The van der Waals surface area contributed by atoms with E-state index in [4.69, 9.17) is 9.47 Å². The molecule has 0 aromatic carbocycles. The topological polar surface area (TPSA) is 149 Å². The molecule has 1 heterocycles. The molecular formula is C68H129NO8. The molecule has 7 unspecified atom stereocenters. The second-order valence-electron chi connectivity index (χ2n) is 23.6. The minimum absolute atomic E-state index is 0.185. The molecular weight excluding hydrogens is 959 g/mol. The van der Waals surface area contributed by atoms with Gasteiger partial charge in [-0.05, 0) is 44.9 Å². The summed E-state index contributed by atoms with van der Waals surface area (Å²) in [6, 6.07) is -0.826. The van der Waals surface area contributed by atoms with E-state index >= 15 is 0 Å². The first-order chi connectivity index (χ1) is 37.8. The zero-order valence-electron chi connectivity index (χ0n) is 50.7. The second kappa shape index (κ2) is 57.6. The van der Waals surface area contributed by atoms with Crippen LogP contribution in [-0.2, 0) is 14.3 Å². The first-order valence-corrected chi connectivity index (χ1v) is 33.7. The summed E-state index contributed by atoms with van der Waals surface area (Å²) in [7, 11) is 0. The molecule has 454 valence electrons. The number of carbonyl (C=O) groups is 1. The summed E-state index contributed by atoms with van der Waals surface area (Å²) in [5.74, 6) is -0.185. The van der Waals surface area contributed by atoms with Gasteiger partial charge in [0.25, 0.3) is 0 Å². The molecule has 0 saturated carbocycles. The van der Waals surface area contributed by atoms with Crippen molar-refractivity contribution in [2.45, 2.75) is 378 Å². The van der Waals surface area contributed by atoms with Crippen LogP contribution in [0, 0.1) is 0 Å². The van der Waals surface area contributed by atoms with E-state index in [1.54, 1.807) is 6.08 Å². The van der Waals surface area contributed by atoms with Crippen LogP contribution in [0.15, 0.2) is 36.5 Å². The molecule has 1 rings (SSSR count). The lowest BCUT2D eigenvalue weighted by atomic mass is 9.99. The lowest BCUT2D eigenvalue weighted by Gasteiger charge is -2.40. The first kappa shape index (κ1) is 73.4. The van der Waals surface area contributed by atoms with Crippen molar-refractivity contribution in [3.8, 4) is 0 Å². The summed E-state index contributed by atoms with van der Waals surface area (Å²) in [5, 5.41) is 54.5. The summed E-state index contributed by atoms with van der Waals surface area (Å²) in [5.41, 5.74) is 0. The van der Waals surface area contributed by atoms with Gasteiger partial charge in [-0.25, -0.2) is 0 Å². The fourth-order valence-electron chi connectivity index (χ4n) is 10.9. The Hall–Kier alpha value is -1.59. The van der Waals surface area contributed by atoms with Crippen LogP contribution in [0.4, 0.5) is 0 Å². The van der Waals surface area contributed by atoms with Gasteiger partial charge in [-0.15, -0.1) is 0 Å². The quantitative estimate of drug-likeness (QED) is 0.0261. The third kappa shape index (κ3) is 46.7. The number of amides is 1. The van der Waals surface area contributed by atoms with Crippen LogP contribution in [0.5, 0.6) is 0 Å². The molecule has 7 atom stereocenters. The zero-order chi connectivity index (χ0) is 55.8. The Balaban J connectivity index is 2.03. The number of hydrogen-bond donors (Lipinski definition) is 6. The summed E-state index contributed by atoms with van der Waals surface area (Å²) < 4.78 is 11.3. The number of carbonyl (C=O) groups excluding carboxylic acids is 1. The molecule has 1 aliphatic rings. The number of rotatable bonds is 59. The van der Waals surface area contributed by atoms with E-state index in [0.29, 0.717) is 6.42 Å². The average Bonchev–Trinajstić information content (AvgIpc) is 3.43. The van der Waals surface area contributed by atoms with E-state index in [9.17, 15) is 30.3 Å². The van der Waals surface area contributed by atoms with Gasteiger partial charge in [-0.3, -0.25) is 4.79 Å². The Morgan fingerprint density at radius 3 is 1.09 bits per heavy atom. The highest BCUT2D eigenvalue weighted by atomic mass is 16.7. The summed E-state index contributed by atoms with van der Waals surface area (Å²) in [4.78, 5) is 13.1. The van der Waals surface area contributed by atoms with Crippen LogP contribution in [0.3, 0.4) is 0 Å². The SMILES string of the molecule is CCCCCCC/C=C/CC/C=C/CC/C=C/C(O)C(COC1OC(CO)C(O)C(O)C1O)NC(=O)CCCCCCCCCCCCCCCCCCCCCCCCCCCCCCCCCCCCCCCCC. The predicted octanol–water partition coefficient (Wildman–Crippen LogP) is 17.9. The highest BCUT2D eigenvalue weighted by molar-refractivity contribution is 5.76. The van der Waals surface area contributed by atoms with Gasteiger partial charge in [0, 0.05) is 6.42 Å². The van der Waals surface area contributed by atoms with E-state index < -0.39 is 49.5 Å². The van der Waals surface area contributed by atoms with Crippen molar-refractivity contribution in [3.05, 3.63) is 36.5 Å². The minimum atomic E-state index is -1.57. The lowest BCUT2D eigenvalue weighted by Crippen LogP contribution is -2.60. The Bertz CT molecular complexity index is 1310. The van der Waals surface area contributed by atoms with Crippen molar-refractivity contribution in [3.63, 3.8) is 0 Å². The van der Waals surface area contributed by atoms with E-state index in [0.717, 1.165) is 51.4 Å². The molecule has 1 amide bonds. The maximum atomic E-state index is 13.1. The summed E-state index contributed by atoms with van der Waals surface area (Å²) in [6.45, 7) is 3.77. The molecule has 1 fully saturated rings. The highest BCUT2D eigenvalue weighted by Gasteiger charge is 2.44. The van der Waals surface area contributed by atoms with Crippen LogP contribution in [0.1, 0.15) is 335 Å². The second-order valence-corrected chi connectivity index (χ2v) is 23.6. The summed E-state index contributed by atoms with van der Waals surface area (Å²) in [6.07, 6.45) is 69.9. The van der Waals surface area contributed by atoms with Gasteiger partial charge in [0.15, 0.2) is 6.29 Å². The van der Waals surface area contributed by atoms with Crippen molar-refractivity contribution < 1.29 is 39.8 Å². The zero-order valence-corrected chi connectivity index (χ0v) is 50.7. The number of nitrogens with one attached hydrogen (secondary N) is 1. The highest BCUT2D eigenvalue weighted by Crippen LogP contribution is 2.23. The van der Waals surface area contributed by atoms with Gasteiger partial charge in [0.2, 0.25) is 5.91 Å². The number of hydrogen-bond acceptors (Lipinski definition) is 8. The molecule has 0 aliphatic carbocycles. The molecule has 0 bridgehead atoms. The largest absolute Gasteiger partial charge is 0.394 e. The van der Waals surface area contributed by atoms with Crippen LogP contribution >= 0.6 is 0 Å². The molecule has 0 aromatic heterocycles. The normalized spacial score (nSPS) is 18.9. The molecule has 1 saturated heterocycles. The molecule has 9 nitrogen and oxygen atoms in total. The van der Waals surface area contributed by atoms with Crippen molar-refractivity contribution >= 4 is 5.91 Å². The Morgan fingerprint density at radius 2 is 0.740 bits per heavy atom. The van der Waals surface area contributed by atoms with Gasteiger partial charge in [-0.1, -0.05) is 320 Å². The third-order valence-corrected chi connectivity index (χ3v) is 16.2. The monoisotopic (exact) mass is 1090 g/mol. The number of aliphatic hydroxyl groups excluding tert-OH is 5. The third-order valence-electron chi connectivity index (χ3n) is 16.2. The number of ether oxygens (including phenoxy) is 2. The minimum Gasteiger partial charge on any atom is -0.394 e. The fourth-order valence-corrected chi connectivity index (χ4v) is 10.9. The van der Waals surface area contributed by atoms with Crippen LogP contribution in [0.2, 0.25) is 0 Å². The molecule has 6 N–H and O–H groups in total. The van der Waals surface area contributed by atoms with E-state index in [1.807, 2.05) is 6.08 Å². The van der Waals surface area contributed by atoms with Crippen LogP contribution in [-0.4, -0.2) is 87.5 Å². The van der Waals surface area contributed by atoms with E-state index in [2.05, 4.69) is 43.5 Å². The predicted molar refractivity (Wildman–Crippen MR) is 327 cm³/mol. The smallest absolute Gasteiger partial charge is 0.220 e. The maximum absolute atomic E-state index is 13.1. The van der Waals surface area contributed by atoms with Crippen molar-refractivity contribution in [1.82, 2.24) is 5.32 Å². The maximum Gasteiger partial charge on any atom is 0.220 e. The van der Waals surface area contributed by atoms with Crippen LogP contribution in [0.25, 0.3) is 0 Å². The number of allylic oxidation sites excluding steroid dienone is 5. The lowest BCUT2D eigenvalue weighted by molar-refractivity contribution is -0.302. The number of unbranched alkanes of at least 4 members (excludes halogenated alkanes) is 45. The van der Waals surface area contributed by atoms with Crippen LogP contribution < -0.4 is 5.32 Å². The molecule has 9 heteroatoms. The van der Waals surface area contributed by atoms with E-state index in [1.165, 1.54) is 263 Å². The van der Waals surface area contributed by atoms with Gasteiger partial charge < -0.3 is 40.3 Å². The Kier molecular flexibility index (Phi) is 55.0. The molecule has 0 aromatic rings. The molecule has 0 radical (unpaired) electrons. The van der Waals surface area contributed by atoms with Gasteiger partial charge in [-0.2, -0.15) is 0 Å². The fraction of sp³-hybridized carbons (Fsp3) is 0.897. The Labute approximate surface area is 476 Å². The van der Waals surface area contributed by atoms with Gasteiger partial charge in [0.1, 0.15) is 24.4 Å². The molecule has 77 heavy (non-hydrogen) atoms. The Morgan fingerprint density at radius 1 is 0.429 bits per heavy atom. The average molecular weight is 1090 g/mol. The first-order valence-electron chi connectivity index (χ1n) is 33.7.